The maximum Gasteiger partial charge on any atom is 0.228 e. The number of hydrogen-bond acceptors (Lipinski definition) is 5. The molecule has 1 fully saturated rings. The van der Waals surface area contributed by atoms with E-state index in [0.717, 1.165) is 31.5 Å². The van der Waals surface area contributed by atoms with Crippen molar-refractivity contribution < 1.29 is 19.0 Å². The molecule has 1 heterocycles. The smallest absolute Gasteiger partial charge is 0.228 e. The first kappa shape index (κ1) is 20.5. The number of hydrogen-bond donors (Lipinski definition) is 2. The van der Waals surface area contributed by atoms with Crippen LogP contribution in [0.1, 0.15) is 18.4 Å². The van der Waals surface area contributed by atoms with Crippen molar-refractivity contribution in [2.24, 2.45) is 5.41 Å². The van der Waals surface area contributed by atoms with Crippen LogP contribution in [0.15, 0.2) is 18.2 Å². The molecule has 7 heteroatoms. The fourth-order valence-corrected chi connectivity index (χ4v) is 3.07. The minimum Gasteiger partial charge on any atom is -0.493 e. The van der Waals surface area contributed by atoms with Gasteiger partial charge in [-0.25, -0.2) is 0 Å². The fourth-order valence-electron chi connectivity index (χ4n) is 3.07. The van der Waals surface area contributed by atoms with Crippen LogP contribution in [0.4, 0.5) is 0 Å². The standard InChI is InChI=1S/C17H26N2O4.ClH/c1-21-12-17(7-9-18-10-8-17)16(20)19-11-13-5-4-6-14(22-2)15(13)23-3;/h4-6,18H,7-12H2,1-3H3,(H,19,20);1H. The van der Waals surface area contributed by atoms with Gasteiger partial charge in [0.2, 0.25) is 5.91 Å². The number of carbonyl (C=O) groups excluding carboxylic acids is 1. The molecule has 2 rings (SSSR count). The van der Waals surface area contributed by atoms with E-state index < -0.39 is 5.41 Å². The van der Waals surface area contributed by atoms with Crippen molar-refractivity contribution in [3.05, 3.63) is 23.8 Å². The number of carbonyl (C=O) groups is 1. The quantitative estimate of drug-likeness (QED) is 0.777. The number of nitrogens with one attached hydrogen (secondary N) is 2. The Morgan fingerprint density at radius 3 is 2.50 bits per heavy atom. The highest BCUT2D eigenvalue weighted by Crippen LogP contribution is 2.32. The molecule has 0 bridgehead atoms. The van der Waals surface area contributed by atoms with E-state index in [-0.39, 0.29) is 18.3 Å². The van der Waals surface area contributed by atoms with Gasteiger partial charge in [-0.3, -0.25) is 4.79 Å². The summed E-state index contributed by atoms with van der Waals surface area (Å²) in [6.07, 6.45) is 1.56. The van der Waals surface area contributed by atoms with Gasteiger partial charge in [0.25, 0.3) is 0 Å². The van der Waals surface area contributed by atoms with Gasteiger partial charge in [0.15, 0.2) is 11.5 Å². The molecule has 0 radical (unpaired) electrons. The van der Waals surface area contributed by atoms with E-state index in [4.69, 9.17) is 14.2 Å². The molecule has 2 N–H and O–H groups in total. The van der Waals surface area contributed by atoms with Crippen LogP contribution in [0.5, 0.6) is 11.5 Å². The van der Waals surface area contributed by atoms with Gasteiger partial charge in [-0.15, -0.1) is 12.4 Å². The molecule has 0 aromatic heterocycles. The van der Waals surface area contributed by atoms with Crippen molar-refractivity contribution in [1.29, 1.82) is 0 Å². The lowest BCUT2D eigenvalue weighted by Gasteiger charge is -2.35. The molecule has 0 spiro atoms. The van der Waals surface area contributed by atoms with Crippen molar-refractivity contribution in [3.63, 3.8) is 0 Å². The third-order valence-electron chi connectivity index (χ3n) is 4.39. The number of amides is 1. The Morgan fingerprint density at radius 2 is 1.92 bits per heavy atom. The van der Waals surface area contributed by atoms with E-state index in [9.17, 15) is 4.79 Å². The van der Waals surface area contributed by atoms with Gasteiger partial charge in [-0.05, 0) is 32.0 Å². The van der Waals surface area contributed by atoms with Gasteiger partial charge < -0.3 is 24.8 Å². The zero-order chi connectivity index (χ0) is 16.7. The molecule has 1 aliphatic heterocycles. The van der Waals surface area contributed by atoms with E-state index in [1.807, 2.05) is 18.2 Å². The number of ether oxygens (including phenoxy) is 3. The van der Waals surface area contributed by atoms with Crippen LogP contribution >= 0.6 is 12.4 Å². The summed E-state index contributed by atoms with van der Waals surface area (Å²) < 4.78 is 16.0. The summed E-state index contributed by atoms with van der Waals surface area (Å²) in [6.45, 7) is 2.51. The maximum atomic E-state index is 12.7. The topological polar surface area (TPSA) is 68.8 Å². The number of rotatable bonds is 7. The van der Waals surface area contributed by atoms with Gasteiger partial charge in [0.05, 0.1) is 26.2 Å². The largest absolute Gasteiger partial charge is 0.493 e. The Balaban J connectivity index is 0.00000288. The summed E-state index contributed by atoms with van der Waals surface area (Å²) in [6, 6.07) is 5.65. The second kappa shape index (κ2) is 9.71. The van der Waals surface area contributed by atoms with E-state index in [0.29, 0.717) is 24.7 Å². The Morgan fingerprint density at radius 1 is 1.21 bits per heavy atom. The van der Waals surface area contributed by atoms with Crippen LogP contribution in [-0.2, 0) is 16.1 Å². The lowest BCUT2D eigenvalue weighted by atomic mass is 9.78. The first-order valence-corrected chi connectivity index (χ1v) is 7.84. The second-order valence-corrected chi connectivity index (χ2v) is 5.80. The van der Waals surface area contributed by atoms with Crippen LogP contribution < -0.4 is 20.1 Å². The molecule has 1 saturated heterocycles. The molecule has 136 valence electrons. The van der Waals surface area contributed by atoms with Gasteiger partial charge >= 0.3 is 0 Å². The Kier molecular flexibility index (Phi) is 8.31. The van der Waals surface area contributed by atoms with E-state index in [1.54, 1.807) is 21.3 Å². The minimum atomic E-state index is -0.452. The van der Waals surface area contributed by atoms with Crippen molar-refractivity contribution in [1.82, 2.24) is 10.6 Å². The van der Waals surface area contributed by atoms with Crippen LogP contribution in [0.25, 0.3) is 0 Å². The van der Waals surface area contributed by atoms with Gasteiger partial charge in [-0.1, -0.05) is 12.1 Å². The number of halogens is 1. The molecule has 1 amide bonds. The van der Waals surface area contributed by atoms with Crippen molar-refractivity contribution in [3.8, 4) is 11.5 Å². The predicted octanol–water partition coefficient (Wildman–Crippen LogP) is 1.76. The highest BCUT2D eigenvalue weighted by atomic mass is 35.5. The molecule has 0 atom stereocenters. The zero-order valence-electron chi connectivity index (χ0n) is 14.5. The Labute approximate surface area is 149 Å². The van der Waals surface area contributed by atoms with Gasteiger partial charge in [-0.2, -0.15) is 0 Å². The number of piperidine rings is 1. The maximum absolute atomic E-state index is 12.7. The average molecular weight is 359 g/mol. The molecule has 1 aromatic carbocycles. The summed E-state index contributed by atoms with van der Waals surface area (Å²) in [5.41, 5.74) is 0.438. The first-order chi connectivity index (χ1) is 11.2. The summed E-state index contributed by atoms with van der Waals surface area (Å²) in [5, 5.41) is 6.33. The number of methoxy groups -OCH3 is 3. The third kappa shape index (κ3) is 4.53. The van der Waals surface area contributed by atoms with Gasteiger partial charge in [0, 0.05) is 19.2 Å². The number of para-hydroxylation sites is 1. The molecule has 0 aliphatic carbocycles. The first-order valence-electron chi connectivity index (χ1n) is 7.84. The van der Waals surface area contributed by atoms with Crippen molar-refractivity contribution in [2.75, 3.05) is 41.0 Å². The summed E-state index contributed by atoms with van der Waals surface area (Å²) >= 11 is 0. The minimum absolute atomic E-state index is 0. The van der Waals surface area contributed by atoms with Crippen LogP contribution in [0.3, 0.4) is 0 Å². The predicted molar refractivity (Wildman–Crippen MR) is 95.1 cm³/mol. The highest BCUT2D eigenvalue weighted by molar-refractivity contribution is 5.85. The molecule has 0 unspecified atom stereocenters. The summed E-state index contributed by atoms with van der Waals surface area (Å²) in [4.78, 5) is 12.7. The molecule has 1 aliphatic rings. The Hall–Kier alpha value is -1.50. The van der Waals surface area contributed by atoms with Crippen molar-refractivity contribution in [2.45, 2.75) is 19.4 Å². The third-order valence-corrected chi connectivity index (χ3v) is 4.39. The molecular formula is C17H27ClN2O4. The molecule has 24 heavy (non-hydrogen) atoms. The average Bonchev–Trinajstić information content (AvgIpc) is 2.60. The van der Waals surface area contributed by atoms with E-state index >= 15 is 0 Å². The lowest BCUT2D eigenvalue weighted by molar-refractivity contribution is -0.136. The molecule has 6 nitrogen and oxygen atoms in total. The fraction of sp³-hybridized carbons (Fsp3) is 0.588. The Bertz CT molecular complexity index is 528. The second-order valence-electron chi connectivity index (χ2n) is 5.80. The summed E-state index contributed by atoms with van der Waals surface area (Å²) in [5.74, 6) is 1.35. The number of benzene rings is 1. The molecular weight excluding hydrogens is 332 g/mol. The van der Waals surface area contributed by atoms with E-state index in [1.165, 1.54) is 0 Å². The SMILES string of the molecule is COCC1(C(=O)NCc2cccc(OC)c2OC)CCNCC1.Cl. The highest BCUT2D eigenvalue weighted by Gasteiger charge is 2.39. The lowest BCUT2D eigenvalue weighted by Crippen LogP contribution is -2.50. The monoisotopic (exact) mass is 358 g/mol. The normalized spacial score (nSPS) is 16.0. The molecule has 0 saturated carbocycles. The molecule has 1 aromatic rings. The zero-order valence-corrected chi connectivity index (χ0v) is 15.3. The van der Waals surface area contributed by atoms with Crippen LogP contribution in [0.2, 0.25) is 0 Å². The van der Waals surface area contributed by atoms with Crippen LogP contribution in [-0.4, -0.2) is 46.9 Å². The summed E-state index contributed by atoms with van der Waals surface area (Å²) in [7, 11) is 4.84. The van der Waals surface area contributed by atoms with Gasteiger partial charge in [0.1, 0.15) is 0 Å². The van der Waals surface area contributed by atoms with Crippen molar-refractivity contribution >= 4 is 18.3 Å². The van der Waals surface area contributed by atoms with Crippen LogP contribution in [0, 0.1) is 5.41 Å². The van der Waals surface area contributed by atoms with E-state index in [2.05, 4.69) is 10.6 Å².